The second-order valence-corrected chi connectivity index (χ2v) is 3.82. The summed E-state index contributed by atoms with van der Waals surface area (Å²) < 4.78 is 5.38. The highest BCUT2D eigenvalue weighted by Crippen LogP contribution is 2.02. The predicted molar refractivity (Wildman–Crippen MR) is 61.2 cm³/mol. The van der Waals surface area contributed by atoms with Crippen molar-refractivity contribution in [1.82, 2.24) is 4.90 Å². The maximum Gasteiger partial charge on any atom is 0.323 e. The first-order chi connectivity index (χ1) is 7.61. The maximum atomic E-state index is 10.9. The first-order valence-electron chi connectivity index (χ1n) is 5.12. The van der Waals surface area contributed by atoms with Gasteiger partial charge in [0.25, 0.3) is 0 Å². The van der Waals surface area contributed by atoms with Crippen LogP contribution in [0.4, 0.5) is 0 Å². The molecule has 0 aliphatic heterocycles. The summed E-state index contributed by atoms with van der Waals surface area (Å²) in [5.41, 5.74) is 1.05. The van der Waals surface area contributed by atoms with Gasteiger partial charge in [0.2, 0.25) is 0 Å². The number of hydrogen-bond acceptors (Lipinski definition) is 3. The molecule has 0 fully saturated rings. The minimum Gasteiger partial charge on any atom is -0.480 e. The van der Waals surface area contributed by atoms with Crippen LogP contribution in [0.2, 0.25) is 0 Å². The molecule has 1 rings (SSSR count). The average Bonchev–Trinajstić information content (AvgIpc) is 2.24. The molecule has 88 valence electrons. The van der Waals surface area contributed by atoms with E-state index in [4.69, 9.17) is 9.84 Å². The summed E-state index contributed by atoms with van der Waals surface area (Å²) in [6, 6.07) is 9.10. The van der Waals surface area contributed by atoms with Crippen LogP contribution in [0, 0.1) is 0 Å². The Balaban J connectivity index is 2.37. The third kappa shape index (κ3) is 4.00. The number of likely N-dealkylation sites (N-methyl/N-ethyl adjacent to an activating group) is 1. The zero-order valence-corrected chi connectivity index (χ0v) is 9.59. The number of ether oxygens (including phenoxy) is 1. The van der Waals surface area contributed by atoms with E-state index in [-0.39, 0.29) is 6.61 Å². The monoisotopic (exact) mass is 223 g/mol. The van der Waals surface area contributed by atoms with Gasteiger partial charge in [-0.15, -0.1) is 0 Å². The Bertz CT molecular complexity index is 324. The van der Waals surface area contributed by atoms with Crippen LogP contribution >= 0.6 is 0 Å². The Morgan fingerprint density at radius 3 is 2.50 bits per heavy atom. The maximum absolute atomic E-state index is 10.9. The second kappa shape index (κ2) is 6.25. The Morgan fingerprint density at radius 2 is 2.00 bits per heavy atom. The van der Waals surface area contributed by atoms with Crippen molar-refractivity contribution in [2.24, 2.45) is 0 Å². The van der Waals surface area contributed by atoms with E-state index in [0.29, 0.717) is 6.61 Å². The first kappa shape index (κ1) is 12.7. The molecule has 16 heavy (non-hydrogen) atoms. The summed E-state index contributed by atoms with van der Waals surface area (Å²) in [4.78, 5) is 12.5. The zero-order chi connectivity index (χ0) is 12.0. The molecule has 0 aliphatic rings. The molecular weight excluding hydrogens is 206 g/mol. The average molecular weight is 223 g/mol. The van der Waals surface area contributed by atoms with Crippen LogP contribution in [0.3, 0.4) is 0 Å². The van der Waals surface area contributed by atoms with Crippen LogP contribution in [0.15, 0.2) is 30.3 Å². The number of nitrogens with zero attached hydrogens (tertiary/aromatic N) is 1. The lowest BCUT2D eigenvalue weighted by Crippen LogP contribution is -2.39. The summed E-state index contributed by atoms with van der Waals surface area (Å²) in [5, 5.41) is 8.92. The Kier molecular flexibility index (Phi) is 4.95. The molecule has 1 aromatic carbocycles. The quantitative estimate of drug-likeness (QED) is 0.787. The van der Waals surface area contributed by atoms with Crippen molar-refractivity contribution in [2.45, 2.75) is 12.6 Å². The molecule has 0 saturated heterocycles. The minimum absolute atomic E-state index is 0.192. The highest BCUT2D eigenvalue weighted by Gasteiger charge is 2.19. The number of benzene rings is 1. The molecule has 0 aromatic heterocycles. The third-order valence-corrected chi connectivity index (χ3v) is 2.30. The molecular formula is C12H17NO3. The lowest BCUT2D eigenvalue weighted by molar-refractivity contribution is -0.144. The molecule has 1 N–H and O–H groups in total. The number of carboxylic acids is 1. The van der Waals surface area contributed by atoms with Gasteiger partial charge >= 0.3 is 5.97 Å². The summed E-state index contributed by atoms with van der Waals surface area (Å²) in [5.74, 6) is -0.863. The van der Waals surface area contributed by atoms with Crippen molar-refractivity contribution in [3.63, 3.8) is 0 Å². The van der Waals surface area contributed by atoms with Crippen LogP contribution in [-0.2, 0) is 16.1 Å². The molecule has 4 nitrogen and oxygen atoms in total. The fraction of sp³-hybridized carbons (Fsp3) is 0.417. The summed E-state index contributed by atoms with van der Waals surface area (Å²) >= 11 is 0. The van der Waals surface area contributed by atoms with E-state index in [2.05, 4.69) is 0 Å². The van der Waals surface area contributed by atoms with Crippen LogP contribution in [0.5, 0.6) is 0 Å². The van der Waals surface area contributed by atoms with Gasteiger partial charge < -0.3 is 9.84 Å². The lowest BCUT2D eigenvalue weighted by atomic mass is 10.2. The molecule has 0 spiro atoms. The molecule has 0 saturated carbocycles. The van der Waals surface area contributed by atoms with E-state index in [1.807, 2.05) is 30.3 Å². The third-order valence-electron chi connectivity index (χ3n) is 2.30. The van der Waals surface area contributed by atoms with Gasteiger partial charge in [0.05, 0.1) is 13.2 Å². The van der Waals surface area contributed by atoms with Crippen molar-refractivity contribution < 1.29 is 14.6 Å². The number of carbonyl (C=O) groups is 1. The molecule has 4 heteroatoms. The van der Waals surface area contributed by atoms with Gasteiger partial charge in [0, 0.05) is 0 Å². The van der Waals surface area contributed by atoms with E-state index in [1.165, 1.54) is 0 Å². The lowest BCUT2D eigenvalue weighted by Gasteiger charge is -2.19. The molecule has 0 radical (unpaired) electrons. The van der Waals surface area contributed by atoms with E-state index < -0.39 is 12.0 Å². The number of hydrogen-bond donors (Lipinski definition) is 1. The van der Waals surface area contributed by atoms with Crippen molar-refractivity contribution in [3.8, 4) is 0 Å². The van der Waals surface area contributed by atoms with Crippen molar-refractivity contribution >= 4 is 5.97 Å². The highest BCUT2D eigenvalue weighted by molar-refractivity contribution is 5.73. The second-order valence-electron chi connectivity index (χ2n) is 3.82. The summed E-state index contributed by atoms with van der Waals surface area (Å²) in [6.45, 7) is 0.635. The smallest absolute Gasteiger partial charge is 0.323 e. The van der Waals surface area contributed by atoms with Gasteiger partial charge in [-0.2, -0.15) is 0 Å². The van der Waals surface area contributed by atoms with Crippen LogP contribution in [0.25, 0.3) is 0 Å². The van der Waals surface area contributed by atoms with Gasteiger partial charge in [0.1, 0.15) is 6.04 Å². The van der Waals surface area contributed by atoms with E-state index in [1.54, 1.807) is 19.0 Å². The van der Waals surface area contributed by atoms with Crippen LogP contribution in [0.1, 0.15) is 5.56 Å². The SMILES string of the molecule is CN(C)[C@@H](COCc1ccccc1)C(=O)O. The van der Waals surface area contributed by atoms with Crippen molar-refractivity contribution in [1.29, 1.82) is 0 Å². The van der Waals surface area contributed by atoms with E-state index in [0.717, 1.165) is 5.56 Å². The molecule has 1 aromatic rings. The molecule has 0 unspecified atom stereocenters. The van der Waals surface area contributed by atoms with Crippen LogP contribution in [-0.4, -0.2) is 42.7 Å². The Labute approximate surface area is 95.5 Å². The Morgan fingerprint density at radius 1 is 1.38 bits per heavy atom. The topological polar surface area (TPSA) is 49.8 Å². The first-order valence-corrected chi connectivity index (χ1v) is 5.12. The zero-order valence-electron chi connectivity index (χ0n) is 9.59. The summed E-state index contributed by atoms with van der Waals surface area (Å²) in [7, 11) is 3.45. The highest BCUT2D eigenvalue weighted by atomic mass is 16.5. The Hall–Kier alpha value is -1.39. The number of carboxylic acid groups (broad SMARTS) is 1. The molecule has 0 bridgehead atoms. The molecule has 0 heterocycles. The van der Waals surface area contributed by atoms with Crippen molar-refractivity contribution in [3.05, 3.63) is 35.9 Å². The van der Waals surface area contributed by atoms with Gasteiger partial charge in [-0.3, -0.25) is 9.69 Å². The fourth-order valence-electron chi connectivity index (χ4n) is 1.30. The number of aliphatic carboxylic acids is 1. The van der Waals surface area contributed by atoms with Gasteiger partial charge in [0.15, 0.2) is 0 Å². The molecule has 0 aliphatic carbocycles. The van der Waals surface area contributed by atoms with Crippen molar-refractivity contribution in [2.75, 3.05) is 20.7 Å². The standard InChI is InChI=1S/C12H17NO3/c1-13(2)11(12(14)15)9-16-8-10-6-4-3-5-7-10/h3-7,11H,8-9H2,1-2H3,(H,14,15)/t11-/m0/s1. The van der Waals surface area contributed by atoms with E-state index in [9.17, 15) is 4.79 Å². The predicted octanol–water partition coefficient (Wildman–Crippen LogP) is 1.22. The largest absolute Gasteiger partial charge is 0.480 e. The normalized spacial score (nSPS) is 12.7. The van der Waals surface area contributed by atoms with Gasteiger partial charge in [-0.05, 0) is 19.7 Å². The number of rotatable bonds is 6. The molecule has 0 amide bonds. The molecule has 1 atom stereocenters. The van der Waals surface area contributed by atoms with E-state index >= 15 is 0 Å². The fourth-order valence-corrected chi connectivity index (χ4v) is 1.30. The summed E-state index contributed by atoms with van der Waals surface area (Å²) in [6.07, 6.45) is 0. The van der Waals surface area contributed by atoms with Crippen LogP contribution < -0.4 is 0 Å². The van der Waals surface area contributed by atoms with Gasteiger partial charge in [-0.25, -0.2) is 0 Å². The van der Waals surface area contributed by atoms with Gasteiger partial charge in [-0.1, -0.05) is 30.3 Å². The minimum atomic E-state index is -0.863.